The fourth-order valence-electron chi connectivity index (χ4n) is 3.21. The van der Waals surface area contributed by atoms with Crippen molar-refractivity contribution in [2.24, 2.45) is 5.92 Å². The van der Waals surface area contributed by atoms with E-state index in [2.05, 4.69) is 0 Å². The van der Waals surface area contributed by atoms with E-state index < -0.39 is 0 Å². The van der Waals surface area contributed by atoms with Crippen molar-refractivity contribution in [3.63, 3.8) is 0 Å². The van der Waals surface area contributed by atoms with E-state index in [-0.39, 0.29) is 17.7 Å². The molecule has 27 heavy (non-hydrogen) atoms. The highest BCUT2D eigenvalue weighted by molar-refractivity contribution is 6.06. The fraction of sp³-hybridized carbons (Fsp3) is 0.304. The Morgan fingerprint density at radius 3 is 2.15 bits per heavy atom. The molecule has 140 valence electrons. The molecular formula is C23H24O4. The van der Waals surface area contributed by atoms with Crippen molar-refractivity contribution in [1.29, 1.82) is 0 Å². The molecule has 1 saturated carbocycles. The van der Waals surface area contributed by atoms with Gasteiger partial charge < -0.3 is 9.47 Å². The van der Waals surface area contributed by atoms with Crippen LogP contribution in [-0.2, 0) is 4.79 Å². The molecule has 2 aromatic rings. The summed E-state index contributed by atoms with van der Waals surface area (Å²) in [5.41, 5.74) is 1.47. The van der Waals surface area contributed by atoms with E-state index in [1.165, 1.54) is 12.5 Å². The number of ether oxygens (including phenoxy) is 2. The molecule has 0 spiro atoms. The molecule has 1 fully saturated rings. The molecule has 0 aliphatic heterocycles. The molecule has 0 aromatic heterocycles. The summed E-state index contributed by atoms with van der Waals surface area (Å²) in [4.78, 5) is 24.4. The lowest BCUT2D eigenvalue weighted by molar-refractivity contribution is -0.139. The average Bonchev–Trinajstić information content (AvgIpc) is 2.73. The highest BCUT2D eigenvalue weighted by Gasteiger charge is 2.22. The molecule has 1 aliphatic carbocycles. The van der Waals surface area contributed by atoms with Crippen LogP contribution < -0.4 is 9.47 Å². The van der Waals surface area contributed by atoms with Crippen molar-refractivity contribution >= 4 is 17.8 Å². The SMILES string of the molecule is COc1ccc(C(=O)C=Cc2ccc(OC(=O)C3CCCCC3)cc2)cc1. The van der Waals surface area contributed by atoms with Gasteiger partial charge in [-0.1, -0.05) is 37.5 Å². The van der Waals surface area contributed by atoms with Gasteiger partial charge in [-0.15, -0.1) is 0 Å². The summed E-state index contributed by atoms with van der Waals surface area (Å²) in [7, 11) is 1.59. The van der Waals surface area contributed by atoms with Gasteiger partial charge in [0.15, 0.2) is 5.78 Å². The molecule has 0 radical (unpaired) electrons. The zero-order valence-electron chi connectivity index (χ0n) is 15.5. The number of esters is 1. The number of hydrogen-bond donors (Lipinski definition) is 0. The van der Waals surface area contributed by atoms with Gasteiger partial charge in [-0.25, -0.2) is 0 Å². The summed E-state index contributed by atoms with van der Waals surface area (Å²) in [6.07, 6.45) is 8.54. The van der Waals surface area contributed by atoms with Crippen LogP contribution in [-0.4, -0.2) is 18.9 Å². The molecule has 0 N–H and O–H groups in total. The highest BCUT2D eigenvalue weighted by atomic mass is 16.5. The van der Waals surface area contributed by atoms with Crippen LogP contribution in [0.2, 0.25) is 0 Å². The van der Waals surface area contributed by atoms with Crippen molar-refractivity contribution in [2.75, 3.05) is 7.11 Å². The maximum Gasteiger partial charge on any atom is 0.314 e. The van der Waals surface area contributed by atoms with E-state index in [9.17, 15) is 9.59 Å². The van der Waals surface area contributed by atoms with Gasteiger partial charge in [0.25, 0.3) is 0 Å². The first kappa shape index (κ1) is 18.9. The molecule has 3 rings (SSSR count). The summed E-state index contributed by atoms with van der Waals surface area (Å²) in [5.74, 6) is 1.08. The smallest absolute Gasteiger partial charge is 0.314 e. The molecule has 0 unspecified atom stereocenters. The lowest BCUT2D eigenvalue weighted by Crippen LogP contribution is -2.22. The van der Waals surface area contributed by atoms with Crippen LogP contribution in [0.15, 0.2) is 54.6 Å². The molecular weight excluding hydrogens is 340 g/mol. The van der Waals surface area contributed by atoms with Crippen LogP contribution >= 0.6 is 0 Å². The predicted molar refractivity (Wildman–Crippen MR) is 105 cm³/mol. The Labute approximate surface area is 159 Å². The van der Waals surface area contributed by atoms with Crippen LogP contribution in [0.5, 0.6) is 11.5 Å². The number of allylic oxidation sites excluding steroid dienone is 1. The maximum absolute atomic E-state index is 12.2. The Balaban J connectivity index is 1.57. The summed E-state index contributed by atoms with van der Waals surface area (Å²) in [6.45, 7) is 0. The summed E-state index contributed by atoms with van der Waals surface area (Å²) in [6, 6.07) is 14.2. The number of carbonyl (C=O) groups excluding carboxylic acids is 2. The second-order valence-electron chi connectivity index (χ2n) is 6.75. The van der Waals surface area contributed by atoms with Gasteiger partial charge >= 0.3 is 5.97 Å². The van der Waals surface area contributed by atoms with Crippen LogP contribution in [0.25, 0.3) is 6.08 Å². The zero-order chi connectivity index (χ0) is 19.1. The molecule has 0 amide bonds. The molecule has 0 heterocycles. The molecule has 2 aromatic carbocycles. The Kier molecular flexibility index (Phi) is 6.42. The number of rotatable bonds is 6. The Morgan fingerprint density at radius 2 is 1.52 bits per heavy atom. The third kappa shape index (κ3) is 5.30. The van der Waals surface area contributed by atoms with Crippen LogP contribution in [0.4, 0.5) is 0 Å². The molecule has 1 aliphatic rings. The minimum absolute atomic E-state index is 0.0282. The summed E-state index contributed by atoms with van der Waals surface area (Å²) < 4.78 is 10.6. The lowest BCUT2D eigenvalue weighted by atomic mass is 9.89. The second kappa shape index (κ2) is 9.17. The van der Waals surface area contributed by atoms with E-state index in [4.69, 9.17) is 9.47 Å². The van der Waals surface area contributed by atoms with Crippen molar-refractivity contribution < 1.29 is 19.1 Å². The normalized spacial score (nSPS) is 14.9. The largest absolute Gasteiger partial charge is 0.497 e. The van der Waals surface area contributed by atoms with E-state index in [0.717, 1.165) is 31.2 Å². The molecule has 4 heteroatoms. The van der Waals surface area contributed by atoms with Crippen molar-refractivity contribution in [1.82, 2.24) is 0 Å². The van der Waals surface area contributed by atoms with Crippen LogP contribution in [0, 0.1) is 5.92 Å². The van der Waals surface area contributed by atoms with E-state index in [1.54, 1.807) is 49.6 Å². The first-order valence-electron chi connectivity index (χ1n) is 9.34. The van der Waals surface area contributed by atoms with Gasteiger partial charge in [0.05, 0.1) is 13.0 Å². The maximum atomic E-state index is 12.2. The van der Waals surface area contributed by atoms with E-state index in [0.29, 0.717) is 17.1 Å². The summed E-state index contributed by atoms with van der Waals surface area (Å²) >= 11 is 0. The Hall–Kier alpha value is -2.88. The van der Waals surface area contributed by atoms with Crippen molar-refractivity contribution in [3.8, 4) is 11.5 Å². The number of methoxy groups -OCH3 is 1. The Morgan fingerprint density at radius 1 is 0.889 bits per heavy atom. The average molecular weight is 364 g/mol. The molecule has 4 nitrogen and oxygen atoms in total. The van der Waals surface area contributed by atoms with Gasteiger partial charge in [0.1, 0.15) is 11.5 Å². The first-order valence-corrected chi connectivity index (χ1v) is 9.34. The predicted octanol–water partition coefficient (Wildman–Crippen LogP) is 5.08. The van der Waals surface area contributed by atoms with Crippen LogP contribution in [0.3, 0.4) is 0 Å². The van der Waals surface area contributed by atoms with Crippen molar-refractivity contribution in [2.45, 2.75) is 32.1 Å². The highest BCUT2D eigenvalue weighted by Crippen LogP contribution is 2.25. The molecule has 0 atom stereocenters. The first-order chi connectivity index (χ1) is 13.2. The van der Waals surface area contributed by atoms with Crippen molar-refractivity contribution in [3.05, 3.63) is 65.7 Å². The minimum Gasteiger partial charge on any atom is -0.497 e. The lowest BCUT2D eigenvalue weighted by Gasteiger charge is -2.19. The zero-order valence-corrected chi connectivity index (χ0v) is 15.5. The number of ketones is 1. The van der Waals surface area contributed by atoms with E-state index >= 15 is 0 Å². The fourth-order valence-corrected chi connectivity index (χ4v) is 3.21. The number of hydrogen-bond acceptors (Lipinski definition) is 4. The molecule has 0 saturated heterocycles. The van der Waals surface area contributed by atoms with Gasteiger partial charge in [-0.2, -0.15) is 0 Å². The standard InChI is InChI=1S/C23H24O4/c1-26-20-14-10-18(11-15-20)22(24)16-9-17-7-12-21(13-8-17)27-23(25)19-5-3-2-4-6-19/h7-16,19H,2-6H2,1H3. The minimum atomic E-state index is -0.132. The number of benzene rings is 2. The van der Waals surface area contributed by atoms with Gasteiger partial charge in [0.2, 0.25) is 0 Å². The van der Waals surface area contributed by atoms with E-state index in [1.807, 2.05) is 12.1 Å². The van der Waals surface area contributed by atoms with Gasteiger partial charge in [-0.3, -0.25) is 9.59 Å². The topological polar surface area (TPSA) is 52.6 Å². The summed E-state index contributed by atoms with van der Waals surface area (Å²) in [5, 5.41) is 0. The molecule has 0 bridgehead atoms. The quantitative estimate of drug-likeness (QED) is 0.310. The number of carbonyl (C=O) groups is 2. The Bertz CT molecular complexity index is 797. The second-order valence-corrected chi connectivity index (χ2v) is 6.75. The monoisotopic (exact) mass is 364 g/mol. The van der Waals surface area contributed by atoms with Gasteiger partial charge in [-0.05, 0) is 60.9 Å². The van der Waals surface area contributed by atoms with Crippen LogP contribution in [0.1, 0.15) is 48.0 Å². The third-order valence-corrected chi connectivity index (χ3v) is 4.84. The third-order valence-electron chi connectivity index (χ3n) is 4.84. The van der Waals surface area contributed by atoms with Gasteiger partial charge in [0, 0.05) is 5.56 Å².